The van der Waals surface area contributed by atoms with E-state index in [1.807, 2.05) is 0 Å². The van der Waals surface area contributed by atoms with Gasteiger partial charge in [0, 0.05) is 0 Å². The highest BCUT2D eigenvalue weighted by Crippen LogP contribution is 2.31. The van der Waals surface area contributed by atoms with Gasteiger partial charge in [-0.2, -0.15) is 0 Å². The largest absolute Gasteiger partial charge is 0.234 e. The molecule has 4 nitrogen and oxygen atoms in total. The first kappa shape index (κ1) is 11.4. The highest BCUT2D eigenvalue weighted by Gasteiger charge is 2.21. The molecule has 0 N–H and O–H groups in total. The lowest BCUT2D eigenvalue weighted by atomic mass is 10.2. The van der Waals surface area contributed by atoms with Crippen LogP contribution in [0.2, 0.25) is 5.02 Å². The Balaban J connectivity index is 2.51. The van der Waals surface area contributed by atoms with Crippen molar-refractivity contribution in [2.24, 2.45) is 0 Å². The number of anilines is 2. The fraction of sp³-hybridized carbons (Fsp3) is 0. The molecule has 2 aromatic rings. The van der Waals surface area contributed by atoms with Crippen LogP contribution in [-0.4, -0.2) is 5.03 Å². The van der Waals surface area contributed by atoms with E-state index in [-0.39, 0.29) is 0 Å². The normalized spacial score (nSPS) is 9.94. The zero-order valence-corrected chi connectivity index (χ0v) is 9.54. The van der Waals surface area contributed by atoms with E-state index in [0.717, 1.165) is 5.01 Å². The monoisotopic (exact) mass is 248 g/mol. The molecule has 0 heterocycles. The van der Waals surface area contributed by atoms with E-state index in [4.69, 9.17) is 11.6 Å². The van der Waals surface area contributed by atoms with E-state index >= 15 is 0 Å². The van der Waals surface area contributed by atoms with E-state index in [1.165, 1.54) is 0 Å². The van der Waals surface area contributed by atoms with Crippen LogP contribution in [0, 0.1) is 10.1 Å². The summed E-state index contributed by atoms with van der Waals surface area (Å²) in [6, 6.07) is 15.3. The van der Waals surface area contributed by atoms with Gasteiger partial charge in [-0.15, -0.1) is 0 Å². The van der Waals surface area contributed by atoms with Crippen molar-refractivity contribution in [1.82, 2.24) is 0 Å². The summed E-state index contributed by atoms with van der Waals surface area (Å²) in [5, 5.41) is 11.9. The van der Waals surface area contributed by atoms with E-state index < -0.39 is 5.03 Å². The number of para-hydroxylation sites is 2. The van der Waals surface area contributed by atoms with E-state index in [9.17, 15) is 10.1 Å². The molecule has 0 spiro atoms. The maximum atomic E-state index is 11.1. The second-order valence-corrected chi connectivity index (χ2v) is 3.74. The zero-order chi connectivity index (χ0) is 12.3. The molecule has 0 aliphatic carbocycles. The van der Waals surface area contributed by atoms with Crippen LogP contribution < -0.4 is 5.01 Å². The van der Waals surface area contributed by atoms with Crippen molar-refractivity contribution < 1.29 is 5.03 Å². The molecule has 5 heteroatoms. The summed E-state index contributed by atoms with van der Waals surface area (Å²) >= 11 is 5.97. The molecule has 0 fully saturated rings. The van der Waals surface area contributed by atoms with Gasteiger partial charge in [0.25, 0.3) is 0 Å². The molecule has 0 unspecified atom stereocenters. The first-order valence-corrected chi connectivity index (χ1v) is 5.32. The number of nitrogens with zero attached hydrogens (tertiary/aromatic N) is 2. The van der Waals surface area contributed by atoms with Crippen LogP contribution in [0.5, 0.6) is 0 Å². The molecule has 0 amide bonds. The van der Waals surface area contributed by atoms with Crippen molar-refractivity contribution in [3.8, 4) is 0 Å². The molecule has 0 atom stereocenters. The standard InChI is InChI=1S/C12H9ClN2O2/c13-11-8-4-5-9-12(11)14(15(16)17)10-6-2-1-3-7-10/h1-9H. The molecule has 2 aromatic carbocycles. The minimum atomic E-state index is -0.490. The summed E-state index contributed by atoms with van der Waals surface area (Å²) in [7, 11) is 0. The number of hydrogen-bond donors (Lipinski definition) is 0. The van der Waals surface area contributed by atoms with Crippen molar-refractivity contribution in [2.45, 2.75) is 0 Å². The molecule has 0 saturated heterocycles. The Morgan fingerprint density at radius 3 is 2.18 bits per heavy atom. The number of benzene rings is 2. The topological polar surface area (TPSA) is 46.4 Å². The van der Waals surface area contributed by atoms with Crippen LogP contribution in [0.4, 0.5) is 11.4 Å². The Labute approximate surface area is 103 Å². The van der Waals surface area contributed by atoms with Crippen molar-refractivity contribution in [1.29, 1.82) is 0 Å². The Hall–Kier alpha value is -2.07. The van der Waals surface area contributed by atoms with Gasteiger partial charge < -0.3 is 0 Å². The third kappa shape index (κ3) is 2.37. The van der Waals surface area contributed by atoms with Crippen LogP contribution in [0.3, 0.4) is 0 Å². The molecular weight excluding hydrogens is 240 g/mol. The second-order valence-electron chi connectivity index (χ2n) is 3.34. The lowest BCUT2D eigenvalue weighted by molar-refractivity contribution is -0.483. The fourth-order valence-electron chi connectivity index (χ4n) is 1.51. The van der Waals surface area contributed by atoms with Gasteiger partial charge in [-0.25, -0.2) is 10.1 Å². The molecule has 2 rings (SSSR count). The minimum Gasteiger partial charge on any atom is -0.234 e. The molecule has 0 aliphatic heterocycles. The van der Waals surface area contributed by atoms with Gasteiger partial charge in [0.2, 0.25) is 0 Å². The Kier molecular flexibility index (Phi) is 3.25. The van der Waals surface area contributed by atoms with E-state index in [1.54, 1.807) is 54.6 Å². The smallest absolute Gasteiger partial charge is 0.170 e. The van der Waals surface area contributed by atoms with Gasteiger partial charge >= 0.3 is 0 Å². The van der Waals surface area contributed by atoms with Crippen molar-refractivity contribution >= 4 is 23.0 Å². The third-order valence-electron chi connectivity index (χ3n) is 2.24. The summed E-state index contributed by atoms with van der Waals surface area (Å²) in [5.41, 5.74) is 0.816. The third-order valence-corrected chi connectivity index (χ3v) is 2.56. The molecular formula is C12H9ClN2O2. The zero-order valence-electron chi connectivity index (χ0n) is 8.79. The molecule has 0 aliphatic rings. The number of hydrogen-bond acceptors (Lipinski definition) is 2. The number of rotatable bonds is 3. The van der Waals surface area contributed by atoms with Crippen LogP contribution >= 0.6 is 11.6 Å². The molecule has 17 heavy (non-hydrogen) atoms. The SMILES string of the molecule is O=[N+]([O-])N(c1ccccc1)c1ccccc1Cl. The highest BCUT2D eigenvalue weighted by molar-refractivity contribution is 6.33. The summed E-state index contributed by atoms with van der Waals surface area (Å²) in [4.78, 5) is 11.1. The first-order valence-electron chi connectivity index (χ1n) is 4.94. The van der Waals surface area contributed by atoms with Gasteiger partial charge in [-0.3, -0.25) is 0 Å². The van der Waals surface area contributed by atoms with Gasteiger partial charge in [-0.1, -0.05) is 46.9 Å². The van der Waals surface area contributed by atoms with Gasteiger partial charge in [-0.05, 0) is 24.3 Å². The average Bonchev–Trinajstić information content (AvgIpc) is 2.33. The van der Waals surface area contributed by atoms with Crippen LogP contribution in [-0.2, 0) is 0 Å². The van der Waals surface area contributed by atoms with Crippen molar-refractivity contribution in [3.05, 3.63) is 69.7 Å². The molecule has 0 saturated carbocycles. The molecule has 0 radical (unpaired) electrons. The minimum absolute atomic E-state index is 0.341. The fourth-order valence-corrected chi connectivity index (χ4v) is 1.73. The van der Waals surface area contributed by atoms with Crippen molar-refractivity contribution in [3.63, 3.8) is 0 Å². The Bertz CT molecular complexity index is 531. The quantitative estimate of drug-likeness (QED) is 0.615. The van der Waals surface area contributed by atoms with Gasteiger partial charge in [0.1, 0.15) is 11.4 Å². The highest BCUT2D eigenvalue weighted by atomic mass is 35.5. The maximum absolute atomic E-state index is 11.1. The summed E-state index contributed by atoms with van der Waals surface area (Å²) in [6.45, 7) is 0. The number of hydrazine groups is 1. The summed E-state index contributed by atoms with van der Waals surface area (Å²) in [6.07, 6.45) is 0. The lowest BCUT2D eigenvalue weighted by Crippen LogP contribution is -2.24. The average molecular weight is 249 g/mol. The van der Waals surface area contributed by atoms with Crippen LogP contribution in [0.15, 0.2) is 54.6 Å². The lowest BCUT2D eigenvalue weighted by Gasteiger charge is -2.14. The molecule has 86 valence electrons. The Morgan fingerprint density at radius 1 is 1.00 bits per heavy atom. The number of nitro groups is 1. The summed E-state index contributed by atoms with van der Waals surface area (Å²) < 4.78 is 0. The van der Waals surface area contributed by atoms with Gasteiger partial charge in [0.05, 0.1) is 5.02 Å². The predicted molar refractivity (Wildman–Crippen MR) is 67.0 cm³/mol. The van der Waals surface area contributed by atoms with Gasteiger partial charge in [0.15, 0.2) is 5.03 Å². The second kappa shape index (κ2) is 4.84. The predicted octanol–water partition coefficient (Wildman–Crippen LogP) is 3.67. The first-order chi connectivity index (χ1) is 8.20. The maximum Gasteiger partial charge on any atom is 0.170 e. The van der Waals surface area contributed by atoms with E-state index in [2.05, 4.69) is 0 Å². The van der Waals surface area contributed by atoms with Crippen LogP contribution in [0.1, 0.15) is 0 Å². The van der Waals surface area contributed by atoms with Crippen molar-refractivity contribution in [2.75, 3.05) is 5.01 Å². The summed E-state index contributed by atoms with van der Waals surface area (Å²) in [5.74, 6) is 0. The molecule has 0 bridgehead atoms. The van der Waals surface area contributed by atoms with E-state index in [0.29, 0.717) is 16.4 Å². The molecule has 0 aromatic heterocycles. The van der Waals surface area contributed by atoms with Crippen LogP contribution in [0.25, 0.3) is 0 Å². The number of halogens is 1. The Morgan fingerprint density at radius 2 is 1.59 bits per heavy atom.